The fraction of sp³-hybridized carbons (Fsp3) is 0.455. The first-order valence-electron chi connectivity index (χ1n) is 6.01. The zero-order valence-corrected chi connectivity index (χ0v) is 12.2. The number of nitrogens with zero attached hydrogens (tertiary/aromatic N) is 1. The van der Waals surface area contributed by atoms with Crippen LogP contribution in [0.15, 0.2) is 23.1 Å². The normalized spacial score (nSPS) is 19.1. The molecule has 1 unspecified atom stereocenters. The van der Waals surface area contributed by atoms with Gasteiger partial charge in [-0.05, 0) is 36.0 Å². The van der Waals surface area contributed by atoms with Gasteiger partial charge in [0.1, 0.15) is 5.69 Å². The van der Waals surface area contributed by atoms with E-state index in [0.717, 1.165) is 24.0 Å². The molecule has 7 nitrogen and oxygen atoms in total. The molecule has 2 rings (SSSR count). The summed E-state index contributed by atoms with van der Waals surface area (Å²) in [6.45, 7) is 0.355. The summed E-state index contributed by atoms with van der Waals surface area (Å²) < 4.78 is 26.7. The van der Waals surface area contributed by atoms with Crippen molar-refractivity contribution in [2.24, 2.45) is 5.92 Å². The van der Waals surface area contributed by atoms with E-state index < -0.39 is 20.6 Å². The molecule has 3 N–H and O–H groups in total. The number of benzene rings is 1. The minimum atomic E-state index is -3.74. The van der Waals surface area contributed by atoms with E-state index in [1.54, 1.807) is 11.8 Å². The van der Waals surface area contributed by atoms with Gasteiger partial charge in [0.15, 0.2) is 0 Å². The van der Waals surface area contributed by atoms with Crippen molar-refractivity contribution < 1.29 is 13.3 Å². The zero-order chi connectivity index (χ0) is 14.8. The monoisotopic (exact) mass is 317 g/mol. The molecule has 1 aliphatic rings. The maximum atomic E-state index is 12.1. The van der Waals surface area contributed by atoms with Gasteiger partial charge in [-0.15, -0.1) is 0 Å². The maximum Gasteiger partial charge on any atom is 0.293 e. The molecule has 0 bridgehead atoms. The van der Waals surface area contributed by atoms with Crippen molar-refractivity contribution in [3.8, 4) is 0 Å². The third kappa shape index (κ3) is 3.41. The van der Waals surface area contributed by atoms with E-state index in [1.165, 1.54) is 12.1 Å². The number of rotatable bonds is 5. The Morgan fingerprint density at radius 2 is 2.25 bits per heavy atom. The molecule has 9 heteroatoms. The number of hydrogen-bond acceptors (Lipinski definition) is 6. The molecular weight excluding hydrogens is 302 g/mol. The van der Waals surface area contributed by atoms with Crippen molar-refractivity contribution >= 4 is 33.2 Å². The Kier molecular flexibility index (Phi) is 4.51. The van der Waals surface area contributed by atoms with E-state index in [9.17, 15) is 18.5 Å². The SMILES string of the molecule is Nc1ccc(S(=O)(=O)NCC2CCSC2)cc1[N+](=O)[O-]. The Morgan fingerprint density at radius 3 is 2.85 bits per heavy atom. The summed E-state index contributed by atoms with van der Waals surface area (Å²) in [5.41, 5.74) is 4.99. The highest BCUT2D eigenvalue weighted by Gasteiger charge is 2.22. The molecule has 1 aromatic carbocycles. The van der Waals surface area contributed by atoms with Crippen molar-refractivity contribution in [1.29, 1.82) is 0 Å². The molecule has 0 amide bonds. The van der Waals surface area contributed by atoms with Gasteiger partial charge in [-0.2, -0.15) is 11.8 Å². The Bertz CT molecular complexity index is 612. The third-order valence-corrected chi connectivity index (χ3v) is 5.75. The van der Waals surface area contributed by atoms with E-state index in [0.29, 0.717) is 12.5 Å². The van der Waals surface area contributed by atoms with Crippen LogP contribution < -0.4 is 10.5 Å². The molecule has 20 heavy (non-hydrogen) atoms. The van der Waals surface area contributed by atoms with Gasteiger partial charge < -0.3 is 5.73 Å². The van der Waals surface area contributed by atoms with Gasteiger partial charge in [-0.25, -0.2) is 13.1 Å². The van der Waals surface area contributed by atoms with Crippen molar-refractivity contribution in [1.82, 2.24) is 4.72 Å². The van der Waals surface area contributed by atoms with Gasteiger partial charge in [0.2, 0.25) is 10.0 Å². The molecule has 1 heterocycles. The minimum absolute atomic E-state index is 0.0545. The standard InChI is InChI=1S/C11H15N3O4S2/c12-10-2-1-9(5-11(10)14(15)16)20(17,18)13-6-8-3-4-19-7-8/h1-2,5,8,13H,3-4,6-7,12H2. The number of nitrogens with two attached hydrogens (primary N) is 1. The van der Waals surface area contributed by atoms with Crippen molar-refractivity contribution in [3.05, 3.63) is 28.3 Å². The lowest BCUT2D eigenvalue weighted by Gasteiger charge is -2.11. The van der Waals surface area contributed by atoms with Crippen LogP contribution in [0.5, 0.6) is 0 Å². The predicted molar refractivity (Wildman–Crippen MR) is 78.1 cm³/mol. The highest BCUT2D eigenvalue weighted by molar-refractivity contribution is 7.99. The van der Waals surface area contributed by atoms with Gasteiger partial charge in [0, 0.05) is 12.6 Å². The molecule has 1 aromatic rings. The summed E-state index contributed by atoms with van der Waals surface area (Å²) in [5, 5.41) is 10.8. The fourth-order valence-corrected chi connectivity index (χ4v) is 4.32. The topological polar surface area (TPSA) is 115 Å². The third-order valence-electron chi connectivity index (χ3n) is 3.09. The van der Waals surface area contributed by atoms with Crippen LogP contribution in [-0.2, 0) is 10.0 Å². The summed E-state index contributed by atoms with van der Waals surface area (Å²) in [5.74, 6) is 2.29. The van der Waals surface area contributed by atoms with E-state index in [-0.39, 0.29) is 10.6 Å². The molecule has 1 atom stereocenters. The Morgan fingerprint density at radius 1 is 1.50 bits per heavy atom. The first-order chi connectivity index (χ1) is 9.40. The number of nitro groups is 1. The summed E-state index contributed by atoms with van der Waals surface area (Å²) in [6, 6.07) is 3.49. The molecule has 0 aliphatic carbocycles. The molecule has 0 aromatic heterocycles. The summed E-state index contributed by atoms with van der Waals surface area (Å²) in [6.07, 6.45) is 0.981. The molecule has 1 saturated heterocycles. The average molecular weight is 317 g/mol. The van der Waals surface area contributed by atoms with Gasteiger partial charge in [0.05, 0.1) is 9.82 Å². The molecule has 0 radical (unpaired) electrons. The molecule has 0 saturated carbocycles. The van der Waals surface area contributed by atoms with Crippen LogP contribution in [0.25, 0.3) is 0 Å². The van der Waals surface area contributed by atoms with Crippen molar-refractivity contribution in [2.75, 3.05) is 23.8 Å². The van der Waals surface area contributed by atoms with Crippen LogP contribution >= 0.6 is 11.8 Å². The minimum Gasteiger partial charge on any atom is -0.393 e. The van der Waals surface area contributed by atoms with Gasteiger partial charge in [-0.1, -0.05) is 0 Å². The molecule has 110 valence electrons. The van der Waals surface area contributed by atoms with Gasteiger partial charge >= 0.3 is 0 Å². The number of nitrogen functional groups attached to an aromatic ring is 1. The number of hydrogen-bond donors (Lipinski definition) is 2. The van der Waals surface area contributed by atoms with Crippen LogP contribution in [0.4, 0.5) is 11.4 Å². The van der Waals surface area contributed by atoms with Crippen LogP contribution in [0.1, 0.15) is 6.42 Å². The van der Waals surface area contributed by atoms with Crippen LogP contribution in [0.3, 0.4) is 0 Å². The van der Waals surface area contributed by atoms with Crippen molar-refractivity contribution in [2.45, 2.75) is 11.3 Å². The molecular formula is C11H15N3O4S2. The smallest absolute Gasteiger partial charge is 0.293 e. The summed E-state index contributed by atoms with van der Waals surface area (Å²) in [7, 11) is -3.74. The number of anilines is 1. The second-order valence-corrected chi connectivity index (χ2v) is 7.48. The van der Waals surface area contributed by atoms with Gasteiger partial charge in [-0.3, -0.25) is 10.1 Å². The number of nitrogens with one attached hydrogen (secondary N) is 1. The Balaban J connectivity index is 2.16. The summed E-state index contributed by atoms with van der Waals surface area (Å²) >= 11 is 1.80. The average Bonchev–Trinajstić information content (AvgIpc) is 2.89. The van der Waals surface area contributed by atoms with Gasteiger partial charge in [0.25, 0.3) is 5.69 Å². The van der Waals surface area contributed by atoms with E-state index >= 15 is 0 Å². The first-order valence-corrected chi connectivity index (χ1v) is 8.65. The highest BCUT2D eigenvalue weighted by Crippen LogP contribution is 2.26. The van der Waals surface area contributed by atoms with Crippen LogP contribution in [0, 0.1) is 16.0 Å². The van der Waals surface area contributed by atoms with Crippen molar-refractivity contribution in [3.63, 3.8) is 0 Å². The Labute approximate surface area is 121 Å². The number of thioether (sulfide) groups is 1. The lowest BCUT2D eigenvalue weighted by molar-refractivity contribution is -0.384. The second-order valence-electron chi connectivity index (χ2n) is 4.56. The molecule has 1 fully saturated rings. The quantitative estimate of drug-likeness (QED) is 0.479. The maximum absolute atomic E-state index is 12.1. The lowest BCUT2D eigenvalue weighted by Crippen LogP contribution is -2.29. The lowest BCUT2D eigenvalue weighted by atomic mass is 10.1. The first kappa shape index (κ1) is 15.1. The second kappa shape index (κ2) is 5.98. The fourth-order valence-electron chi connectivity index (χ4n) is 1.90. The zero-order valence-electron chi connectivity index (χ0n) is 10.6. The Hall–Kier alpha value is -1.32. The predicted octanol–water partition coefficient (Wildman–Crippen LogP) is 1.21. The van der Waals surface area contributed by atoms with E-state index in [4.69, 9.17) is 5.73 Å². The van der Waals surface area contributed by atoms with E-state index in [1.807, 2.05) is 0 Å². The highest BCUT2D eigenvalue weighted by atomic mass is 32.2. The van der Waals surface area contributed by atoms with Crippen LogP contribution in [-0.4, -0.2) is 31.4 Å². The molecule has 1 aliphatic heterocycles. The largest absolute Gasteiger partial charge is 0.393 e. The number of nitro benzene ring substituents is 1. The van der Waals surface area contributed by atoms with Crippen LogP contribution in [0.2, 0.25) is 0 Å². The molecule has 0 spiro atoms. The number of sulfonamides is 1. The van der Waals surface area contributed by atoms with E-state index in [2.05, 4.69) is 4.72 Å². The summed E-state index contributed by atoms with van der Waals surface area (Å²) in [4.78, 5) is 9.95.